The molecule has 1 aromatic carbocycles. The average molecular weight is 314 g/mol. The van der Waals surface area contributed by atoms with Crippen molar-refractivity contribution >= 4 is 11.6 Å². The molecule has 0 aliphatic carbocycles. The minimum Gasteiger partial charge on any atom is -0.465 e. The van der Waals surface area contributed by atoms with Crippen LogP contribution in [0.1, 0.15) is 34.7 Å². The Labute approximate surface area is 135 Å². The van der Waals surface area contributed by atoms with E-state index >= 15 is 0 Å². The Kier molecular flexibility index (Phi) is 4.67. The number of rotatable bonds is 4. The predicted molar refractivity (Wildman–Crippen MR) is 88.4 cm³/mol. The van der Waals surface area contributed by atoms with Crippen LogP contribution in [-0.2, 0) is 6.54 Å². The smallest absolute Gasteiger partial charge is 0.254 e. The molecule has 3 rings (SSSR count). The molecule has 23 heavy (non-hydrogen) atoms. The first-order valence-electron chi connectivity index (χ1n) is 7.98. The summed E-state index contributed by atoms with van der Waals surface area (Å²) in [6, 6.07) is 11.3. The summed E-state index contributed by atoms with van der Waals surface area (Å²) in [4.78, 5) is 14.3. The number of benzene rings is 1. The van der Waals surface area contributed by atoms with E-state index in [1.165, 1.54) is 0 Å². The number of hydrogen-bond acceptors (Lipinski definition) is 4. The van der Waals surface area contributed by atoms with Crippen molar-refractivity contribution in [2.45, 2.75) is 32.4 Å². The van der Waals surface area contributed by atoms with Gasteiger partial charge in [-0.15, -0.1) is 0 Å². The lowest BCUT2D eigenvalue weighted by atomic mass is 10.1. The zero-order valence-electron chi connectivity index (χ0n) is 13.3. The van der Waals surface area contributed by atoms with E-state index in [1.54, 1.807) is 4.90 Å². The standard InChI is InChI=1S/C18H22N2O3/c1-13-7-8-17(23-13)11-19-15-5-2-4-14(10-15)18(22)20-9-3-6-16(21)12-20/h2,4-5,7-8,10,16,19,21H,3,6,9,11-12H2,1H3. The third-order valence-electron chi connectivity index (χ3n) is 4.06. The van der Waals surface area contributed by atoms with Crippen LogP contribution in [0.15, 0.2) is 40.8 Å². The number of amides is 1. The summed E-state index contributed by atoms with van der Waals surface area (Å²) < 4.78 is 5.52. The van der Waals surface area contributed by atoms with Crippen LogP contribution in [-0.4, -0.2) is 35.1 Å². The number of carbonyl (C=O) groups excluding carboxylic acids is 1. The van der Waals surface area contributed by atoms with E-state index < -0.39 is 6.10 Å². The molecular weight excluding hydrogens is 292 g/mol. The molecule has 2 N–H and O–H groups in total. The molecule has 122 valence electrons. The Morgan fingerprint density at radius 3 is 3.00 bits per heavy atom. The van der Waals surface area contributed by atoms with Gasteiger partial charge in [0.05, 0.1) is 12.6 Å². The van der Waals surface area contributed by atoms with Crippen molar-refractivity contribution in [1.29, 1.82) is 0 Å². The van der Waals surface area contributed by atoms with Crippen molar-refractivity contribution in [2.75, 3.05) is 18.4 Å². The summed E-state index contributed by atoms with van der Waals surface area (Å²) >= 11 is 0. The fraction of sp³-hybridized carbons (Fsp3) is 0.389. The molecule has 1 amide bonds. The van der Waals surface area contributed by atoms with Gasteiger partial charge in [0.2, 0.25) is 0 Å². The van der Waals surface area contributed by atoms with Gasteiger partial charge in [-0.05, 0) is 50.1 Å². The number of furan rings is 1. The van der Waals surface area contributed by atoms with Crippen LogP contribution < -0.4 is 5.32 Å². The van der Waals surface area contributed by atoms with Crippen molar-refractivity contribution in [3.8, 4) is 0 Å². The van der Waals surface area contributed by atoms with E-state index in [0.717, 1.165) is 30.0 Å². The first kappa shape index (κ1) is 15.6. The molecule has 1 aromatic heterocycles. The van der Waals surface area contributed by atoms with Crippen molar-refractivity contribution in [3.63, 3.8) is 0 Å². The van der Waals surface area contributed by atoms with Crippen LogP contribution in [0.5, 0.6) is 0 Å². The maximum atomic E-state index is 12.5. The number of aliphatic hydroxyl groups is 1. The number of likely N-dealkylation sites (tertiary alicyclic amines) is 1. The second-order valence-corrected chi connectivity index (χ2v) is 5.99. The van der Waals surface area contributed by atoms with Gasteiger partial charge in [-0.2, -0.15) is 0 Å². The van der Waals surface area contributed by atoms with Crippen LogP contribution in [0.2, 0.25) is 0 Å². The topological polar surface area (TPSA) is 65.7 Å². The van der Waals surface area contributed by atoms with Crippen LogP contribution in [0.3, 0.4) is 0 Å². The number of nitrogens with one attached hydrogen (secondary N) is 1. The maximum absolute atomic E-state index is 12.5. The van der Waals surface area contributed by atoms with E-state index in [0.29, 0.717) is 25.2 Å². The molecule has 1 unspecified atom stereocenters. The van der Waals surface area contributed by atoms with Gasteiger partial charge in [-0.1, -0.05) is 6.07 Å². The van der Waals surface area contributed by atoms with Crippen molar-refractivity contribution in [2.24, 2.45) is 0 Å². The molecule has 0 bridgehead atoms. The SMILES string of the molecule is Cc1ccc(CNc2cccc(C(=O)N3CCCC(O)C3)c2)o1. The van der Waals surface area contributed by atoms with Gasteiger partial charge in [0.1, 0.15) is 11.5 Å². The van der Waals surface area contributed by atoms with E-state index in [2.05, 4.69) is 5.32 Å². The monoisotopic (exact) mass is 314 g/mol. The fourth-order valence-corrected chi connectivity index (χ4v) is 2.85. The third-order valence-corrected chi connectivity index (χ3v) is 4.06. The van der Waals surface area contributed by atoms with Gasteiger partial charge in [-0.25, -0.2) is 0 Å². The van der Waals surface area contributed by atoms with Crippen LogP contribution in [0.25, 0.3) is 0 Å². The largest absolute Gasteiger partial charge is 0.465 e. The number of aryl methyl sites for hydroxylation is 1. The van der Waals surface area contributed by atoms with E-state index in [4.69, 9.17) is 4.42 Å². The van der Waals surface area contributed by atoms with Gasteiger partial charge < -0.3 is 19.7 Å². The molecule has 5 heteroatoms. The van der Waals surface area contributed by atoms with Gasteiger partial charge in [0.15, 0.2) is 0 Å². The highest BCUT2D eigenvalue weighted by Gasteiger charge is 2.23. The summed E-state index contributed by atoms with van der Waals surface area (Å²) in [5.41, 5.74) is 1.52. The van der Waals surface area contributed by atoms with Crippen LogP contribution in [0.4, 0.5) is 5.69 Å². The predicted octanol–water partition coefficient (Wildman–Crippen LogP) is 2.80. The van der Waals surface area contributed by atoms with Crippen LogP contribution >= 0.6 is 0 Å². The van der Waals surface area contributed by atoms with E-state index in [9.17, 15) is 9.90 Å². The van der Waals surface area contributed by atoms with E-state index in [-0.39, 0.29) is 5.91 Å². The normalized spacial score (nSPS) is 18.0. The van der Waals surface area contributed by atoms with Crippen molar-refractivity contribution < 1.29 is 14.3 Å². The number of hydrogen-bond donors (Lipinski definition) is 2. The van der Waals surface area contributed by atoms with Gasteiger partial charge >= 0.3 is 0 Å². The lowest BCUT2D eigenvalue weighted by Gasteiger charge is -2.30. The Morgan fingerprint density at radius 1 is 1.39 bits per heavy atom. The molecule has 2 aromatic rings. The molecule has 1 aliphatic rings. The Bertz CT molecular complexity index is 680. The molecule has 1 fully saturated rings. The van der Waals surface area contributed by atoms with Gasteiger partial charge in [0.25, 0.3) is 5.91 Å². The van der Waals surface area contributed by atoms with E-state index in [1.807, 2.05) is 43.3 Å². The molecule has 0 radical (unpaired) electrons. The molecule has 1 atom stereocenters. The second-order valence-electron chi connectivity index (χ2n) is 5.99. The number of β-amino-alcohol motifs (C(OH)–C–C–N with tert-alkyl or cyclic N) is 1. The number of nitrogens with zero attached hydrogens (tertiary/aromatic N) is 1. The van der Waals surface area contributed by atoms with Crippen molar-refractivity contribution in [1.82, 2.24) is 4.90 Å². The highest BCUT2D eigenvalue weighted by atomic mass is 16.3. The lowest BCUT2D eigenvalue weighted by molar-refractivity contribution is 0.0474. The second kappa shape index (κ2) is 6.87. The maximum Gasteiger partial charge on any atom is 0.254 e. The number of carbonyl (C=O) groups is 1. The first-order chi connectivity index (χ1) is 11.1. The fourth-order valence-electron chi connectivity index (χ4n) is 2.85. The number of piperidine rings is 1. The summed E-state index contributed by atoms with van der Waals surface area (Å²) in [7, 11) is 0. The zero-order chi connectivity index (χ0) is 16.2. The molecule has 2 heterocycles. The van der Waals surface area contributed by atoms with Crippen molar-refractivity contribution in [3.05, 3.63) is 53.5 Å². The van der Waals surface area contributed by atoms with Gasteiger partial charge in [0, 0.05) is 24.3 Å². The highest BCUT2D eigenvalue weighted by molar-refractivity contribution is 5.95. The van der Waals surface area contributed by atoms with Gasteiger partial charge in [-0.3, -0.25) is 4.79 Å². The minimum absolute atomic E-state index is 0.0266. The highest BCUT2D eigenvalue weighted by Crippen LogP contribution is 2.17. The summed E-state index contributed by atoms with van der Waals surface area (Å²) in [6.45, 7) is 3.62. The quantitative estimate of drug-likeness (QED) is 0.911. The minimum atomic E-state index is -0.406. The third kappa shape index (κ3) is 3.93. The molecule has 0 spiro atoms. The Morgan fingerprint density at radius 2 is 2.26 bits per heavy atom. The molecular formula is C18H22N2O3. The summed E-state index contributed by atoms with van der Waals surface area (Å²) in [5.74, 6) is 1.72. The molecule has 0 saturated carbocycles. The number of aliphatic hydroxyl groups excluding tert-OH is 1. The summed E-state index contributed by atoms with van der Waals surface area (Å²) in [5, 5.41) is 13.0. The Balaban J connectivity index is 1.65. The summed E-state index contributed by atoms with van der Waals surface area (Å²) in [6.07, 6.45) is 1.22. The molecule has 1 aliphatic heterocycles. The zero-order valence-corrected chi connectivity index (χ0v) is 13.3. The molecule has 1 saturated heterocycles. The number of anilines is 1. The molecule has 5 nitrogen and oxygen atoms in total. The average Bonchev–Trinajstić information content (AvgIpc) is 2.98. The lowest BCUT2D eigenvalue weighted by Crippen LogP contribution is -2.42. The Hall–Kier alpha value is -2.27. The van der Waals surface area contributed by atoms with Crippen LogP contribution in [0, 0.1) is 6.92 Å². The first-order valence-corrected chi connectivity index (χ1v) is 7.98.